The molecule has 1 heterocycles. The highest BCUT2D eigenvalue weighted by molar-refractivity contribution is 8.13. The number of hydrogen-bond donors (Lipinski definition) is 0. The monoisotopic (exact) mass is 478 g/mol. The molecular formula is C26H23ClN2O3S. The van der Waals surface area contributed by atoms with E-state index in [9.17, 15) is 4.79 Å². The number of ether oxygens (including phenoxy) is 2. The maximum Gasteiger partial charge on any atom is 0.283 e. The first-order valence-corrected chi connectivity index (χ1v) is 11.7. The number of halogens is 1. The molecule has 0 saturated carbocycles. The Morgan fingerprint density at radius 3 is 2.52 bits per heavy atom. The molecule has 5 nitrogen and oxygen atoms in total. The van der Waals surface area contributed by atoms with Gasteiger partial charge in [-0.25, -0.2) is 4.99 Å². The van der Waals surface area contributed by atoms with E-state index in [1.807, 2.05) is 30.3 Å². The van der Waals surface area contributed by atoms with Gasteiger partial charge in [0, 0.05) is 11.8 Å². The van der Waals surface area contributed by atoms with Crippen LogP contribution in [0.25, 0.3) is 6.08 Å². The third-order valence-corrected chi connectivity index (χ3v) is 6.41. The Hall–Kier alpha value is -3.22. The first-order valence-electron chi connectivity index (χ1n) is 10.3. The molecule has 1 aliphatic heterocycles. The minimum absolute atomic E-state index is 0.207. The number of nitrogens with zero attached hydrogens (tertiary/aromatic N) is 2. The summed E-state index contributed by atoms with van der Waals surface area (Å²) in [5, 5.41) is 1.08. The molecule has 7 heteroatoms. The predicted molar refractivity (Wildman–Crippen MR) is 136 cm³/mol. The normalized spacial score (nSPS) is 14.5. The number of amidine groups is 1. The molecule has 0 aromatic heterocycles. The Morgan fingerprint density at radius 2 is 1.82 bits per heavy atom. The van der Waals surface area contributed by atoms with E-state index < -0.39 is 0 Å². The van der Waals surface area contributed by atoms with Crippen molar-refractivity contribution in [3.05, 3.63) is 94.1 Å². The number of carbonyl (C=O) groups excluding carboxylic acids is 1. The first-order chi connectivity index (χ1) is 16.0. The second-order valence-electron chi connectivity index (χ2n) is 7.43. The van der Waals surface area contributed by atoms with Crippen molar-refractivity contribution >= 4 is 46.2 Å². The summed E-state index contributed by atoms with van der Waals surface area (Å²) in [6.07, 6.45) is 1.78. The van der Waals surface area contributed by atoms with Gasteiger partial charge in [0.2, 0.25) is 0 Å². The van der Waals surface area contributed by atoms with E-state index in [1.54, 1.807) is 43.4 Å². The van der Waals surface area contributed by atoms with E-state index in [1.165, 1.54) is 17.3 Å². The summed E-state index contributed by atoms with van der Waals surface area (Å²) in [5.41, 5.74) is 4.23. The molecule has 0 spiro atoms. The second kappa shape index (κ2) is 10.1. The van der Waals surface area contributed by atoms with Crippen molar-refractivity contribution in [2.75, 3.05) is 19.1 Å². The number of amides is 1. The number of rotatable bonds is 6. The van der Waals surface area contributed by atoms with Crippen LogP contribution in [0.2, 0.25) is 5.02 Å². The Morgan fingerprint density at radius 1 is 1.03 bits per heavy atom. The zero-order valence-electron chi connectivity index (χ0n) is 18.5. The fourth-order valence-electron chi connectivity index (χ4n) is 3.42. The molecule has 0 fully saturated rings. The van der Waals surface area contributed by atoms with Gasteiger partial charge in [0.25, 0.3) is 5.91 Å². The van der Waals surface area contributed by atoms with E-state index in [0.717, 1.165) is 16.9 Å². The standard InChI is InChI=1S/C26H23ClN2O3S/c1-17-5-4-6-19(13-17)16-33-26-28-23(14-18-7-10-21(31-2)11-8-18)25(30)29(26)20-9-12-22(27)24(15-20)32-3/h4-15H,16H2,1-3H3/b23-14+. The number of aryl methyl sites for hydroxylation is 1. The molecule has 1 amide bonds. The summed E-state index contributed by atoms with van der Waals surface area (Å²) in [7, 11) is 3.17. The summed E-state index contributed by atoms with van der Waals surface area (Å²) in [4.78, 5) is 19.7. The number of thioether (sulfide) groups is 1. The fraction of sp³-hybridized carbons (Fsp3) is 0.154. The molecule has 0 unspecified atom stereocenters. The lowest BCUT2D eigenvalue weighted by Crippen LogP contribution is -2.30. The van der Waals surface area contributed by atoms with Crippen molar-refractivity contribution < 1.29 is 14.3 Å². The molecule has 0 radical (unpaired) electrons. The third kappa shape index (κ3) is 5.24. The number of methoxy groups -OCH3 is 2. The van der Waals surface area contributed by atoms with Crippen LogP contribution in [0.4, 0.5) is 5.69 Å². The highest BCUT2D eigenvalue weighted by Crippen LogP contribution is 2.35. The Bertz CT molecular complexity index is 1240. The minimum Gasteiger partial charge on any atom is -0.497 e. The highest BCUT2D eigenvalue weighted by atomic mass is 35.5. The largest absolute Gasteiger partial charge is 0.497 e. The molecular weight excluding hydrogens is 456 g/mol. The molecule has 3 aromatic carbocycles. The van der Waals surface area contributed by atoms with Gasteiger partial charge in [-0.2, -0.15) is 0 Å². The van der Waals surface area contributed by atoms with E-state index >= 15 is 0 Å². The number of carbonyl (C=O) groups is 1. The van der Waals surface area contributed by atoms with Crippen LogP contribution in [0.1, 0.15) is 16.7 Å². The van der Waals surface area contributed by atoms with Crippen LogP contribution in [0.15, 0.2) is 77.4 Å². The summed E-state index contributed by atoms with van der Waals surface area (Å²) in [6.45, 7) is 2.06. The van der Waals surface area contributed by atoms with Crippen LogP contribution >= 0.6 is 23.4 Å². The number of aliphatic imine (C=N–C) groups is 1. The Balaban J connectivity index is 1.68. The average Bonchev–Trinajstić information content (AvgIpc) is 3.13. The minimum atomic E-state index is -0.207. The quantitative estimate of drug-likeness (QED) is 0.388. The fourth-order valence-corrected chi connectivity index (χ4v) is 4.57. The Labute approximate surface area is 202 Å². The average molecular weight is 479 g/mol. The van der Waals surface area contributed by atoms with Crippen LogP contribution in [0.3, 0.4) is 0 Å². The van der Waals surface area contributed by atoms with Crippen molar-refractivity contribution in [1.82, 2.24) is 0 Å². The zero-order valence-corrected chi connectivity index (χ0v) is 20.1. The van der Waals surface area contributed by atoms with Crippen molar-refractivity contribution in [3.8, 4) is 11.5 Å². The second-order valence-corrected chi connectivity index (χ2v) is 8.78. The summed E-state index contributed by atoms with van der Waals surface area (Å²) < 4.78 is 10.6. The van der Waals surface area contributed by atoms with E-state index in [0.29, 0.717) is 33.1 Å². The highest BCUT2D eigenvalue weighted by Gasteiger charge is 2.32. The smallest absolute Gasteiger partial charge is 0.283 e. The summed E-state index contributed by atoms with van der Waals surface area (Å²) >= 11 is 7.72. The third-order valence-electron chi connectivity index (χ3n) is 5.09. The van der Waals surface area contributed by atoms with Crippen LogP contribution in [-0.2, 0) is 10.5 Å². The maximum absolute atomic E-state index is 13.4. The van der Waals surface area contributed by atoms with Gasteiger partial charge < -0.3 is 9.47 Å². The lowest BCUT2D eigenvalue weighted by molar-refractivity contribution is -0.113. The molecule has 0 N–H and O–H groups in total. The zero-order chi connectivity index (χ0) is 23.4. The Kier molecular flexibility index (Phi) is 7.06. The number of benzene rings is 3. The number of hydrogen-bond acceptors (Lipinski definition) is 5. The molecule has 0 saturated heterocycles. The van der Waals surface area contributed by atoms with Gasteiger partial charge in [0.15, 0.2) is 5.17 Å². The molecule has 33 heavy (non-hydrogen) atoms. The van der Waals surface area contributed by atoms with E-state index in [-0.39, 0.29) is 5.91 Å². The van der Waals surface area contributed by atoms with Gasteiger partial charge in [0.05, 0.1) is 24.9 Å². The lowest BCUT2D eigenvalue weighted by atomic mass is 10.2. The molecule has 4 rings (SSSR count). The van der Waals surface area contributed by atoms with Crippen LogP contribution in [0.5, 0.6) is 11.5 Å². The summed E-state index contributed by atoms with van der Waals surface area (Å²) in [5.74, 6) is 1.73. The first kappa shape index (κ1) is 23.0. The molecule has 3 aromatic rings. The summed E-state index contributed by atoms with van der Waals surface area (Å²) in [6, 6.07) is 21.0. The molecule has 0 bridgehead atoms. The van der Waals surface area contributed by atoms with Crippen LogP contribution < -0.4 is 14.4 Å². The van der Waals surface area contributed by atoms with Gasteiger partial charge in [-0.15, -0.1) is 0 Å². The van der Waals surface area contributed by atoms with Crippen molar-refractivity contribution in [1.29, 1.82) is 0 Å². The predicted octanol–water partition coefficient (Wildman–Crippen LogP) is 6.34. The van der Waals surface area contributed by atoms with Gasteiger partial charge in [-0.1, -0.05) is 65.3 Å². The lowest BCUT2D eigenvalue weighted by Gasteiger charge is -2.19. The topological polar surface area (TPSA) is 51.1 Å². The van der Waals surface area contributed by atoms with Crippen LogP contribution in [0, 0.1) is 6.92 Å². The molecule has 1 aliphatic rings. The maximum atomic E-state index is 13.4. The van der Waals surface area contributed by atoms with Gasteiger partial charge in [0.1, 0.15) is 17.2 Å². The SMILES string of the molecule is COc1ccc(/C=C2/N=C(SCc3cccc(C)c3)N(c3ccc(Cl)c(OC)c3)C2=O)cc1. The molecule has 0 atom stereocenters. The van der Waals surface area contributed by atoms with Crippen molar-refractivity contribution in [3.63, 3.8) is 0 Å². The molecule has 168 valence electrons. The van der Waals surface area contributed by atoms with Gasteiger partial charge >= 0.3 is 0 Å². The van der Waals surface area contributed by atoms with Crippen LogP contribution in [-0.4, -0.2) is 25.3 Å². The van der Waals surface area contributed by atoms with Gasteiger partial charge in [-0.05, 0) is 48.4 Å². The van der Waals surface area contributed by atoms with E-state index in [2.05, 4.69) is 25.1 Å². The van der Waals surface area contributed by atoms with E-state index in [4.69, 9.17) is 26.1 Å². The molecule has 0 aliphatic carbocycles. The number of anilines is 1. The van der Waals surface area contributed by atoms with Crippen molar-refractivity contribution in [2.24, 2.45) is 4.99 Å². The van der Waals surface area contributed by atoms with Crippen molar-refractivity contribution in [2.45, 2.75) is 12.7 Å². The van der Waals surface area contributed by atoms with Gasteiger partial charge in [-0.3, -0.25) is 9.69 Å².